The third-order valence-electron chi connectivity index (χ3n) is 4.48. The Morgan fingerprint density at radius 1 is 0.774 bits per heavy atom. The van der Waals surface area contributed by atoms with E-state index in [2.05, 4.69) is 62.1 Å². The zero-order chi connectivity index (χ0) is 21.3. The standard InChI is InChI=1S/C25H21N5S/c31-25(28-21-8-7-17-26-19-21)29-27-18-20-13-15-24(16-14-20)30(22-9-3-1-4-10-22)23-11-5-2-6-12-23/h1-19H,(H2,28,29,31)/b27-18-. The Balaban J connectivity index is 1.46. The fraction of sp³-hybridized carbons (Fsp3) is 0. The van der Waals surface area contributed by atoms with Gasteiger partial charge in [0.15, 0.2) is 5.11 Å². The van der Waals surface area contributed by atoms with Crippen LogP contribution in [0.5, 0.6) is 0 Å². The molecule has 0 saturated carbocycles. The second kappa shape index (κ2) is 10.1. The highest BCUT2D eigenvalue weighted by Crippen LogP contribution is 2.33. The molecular weight excluding hydrogens is 402 g/mol. The van der Waals surface area contributed by atoms with Crippen LogP contribution in [0.3, 0.4) is 0 Å². The molecule has 0 aliphatic carbocycles. The number of nitrogens with one attached hydrogen (secondary N) is 2. The van der Waals surface area contributed by atoms with Gasteiger partial charge in [0.25, 0.3) is 0 Å². The molecule has 31 heavy (non-hydrogen) atoms. The normalized spacial score (nSPS) is 10.6. The summed E-state index contributed by atoms with van der Waals surface area (Å²) in [5, 5.41) is 7.64. The Hall–Kier alpha value is -4.03. The quantitative estimate of drug-likeness (QED) is 0.231. The molecule has 0 unspecified atom stereocenters. The first kappa shape index (κ1) is 20.3. The first-order valence-electron chi connectivity index (χ1n) is 9.80. The van der Waals surface area contributed by atoms with E-state index >= 15 is 0 Å². The van der Waals surface area contributed by atoms with Crippen LogP contribution in [0.2, 0.25) is 0 Å². The molecule has 5 nitrogen and oxygen atoms in total. The SMILES string of the molecule is S=C(N/N=C\c1ccc(N(c2ccccc2)c2ccccc2)cc1)Nc1cccnc1. The van der Waals surface area contributed by atoms with Crippen LogP contribution in [0, 0.1) is 0 Å². The number of hydrogen-bond donors (Lipinski definition) is 2. The Morgan fingerprint density at radius 3 is 1.97 bits per heavy atom. The van der Waals surface area contributed by atoms with Crippen molar-refractivity contribution in [3.05, 3.63) is 115 Å². The number of anilines is 4. The van der Waals surface area contributed by atoms with Crippen molar-refractivity contribution in [3.63, 3.8) is 0 Å². The maximum absolute atomic E-state index is 5.24. The van der Waals surface area contributed by atoms with Crippen molar-refractivity contribution in [2.75, 3.05) is 10.2 Å². The third-order valence-corrected chi connectivity index (χ3v) is 4.67. The van der Waals surface area contributed by atoms with Crippen molar-refractivity contribution >= 4 is 46.3 Å². The van der Waals surface area contributed by atoms with Crippen LogP contribution >= 0.6 is 12.2 Å². The number of hydrogen-bond acceptors (Lipinski definition) is 4. The molecule has 0 fully saturated rings. The van der Waals surface area contributed by atoms with Crippen LogP contribution in [0.25, 0.3) is 0 Å². The van der Waals surface area contributed by atoms with Gasteiger partial charge in [-0.1, -0.05) is 48.5 Å². The van der Waals surface area contributed by atoms with E-state index in [4.69, 9.17) is 12.2 Å². The second-order valence-electron chi connectivity index (χ2n) is 6.66. The molecule has 0 atom stereocenters. The van der Waals surface area contributed by atoms with Crippen molar-refractivity contribution in [2.24, 2.45) is 5.10 Å². The molecule has 4 aromatic rings. The average molecular weight is 424 g/mol. The lowest BCUT2D eigenvalue weighted by atomic mass is 10.1. The van der Waals surface area contributed by atoms with Crippen LogP contribution in [0.4, 0.5) is 22.7 Å². The Morgan fingerprint density at radius 2 is 1.39 bits per heavy atom. The zero-order valence-corrected chi connectivity index (χ0v) is 17.5. The number of pyridine rings is 1. The molecule has 2 N–H and O–H groups in total. The minimum Gasteiger partial charge on any atom is -0.330 e. The highest BCUT2D eigenvalue weighted by atomic mass is 32.1. The van der Waals surface area contributed by atoms with Gasteiger partial charge in [-0.3, -0.25) is 10.4 Å². The minimum atomic E-state index is 0.403. The van der Waals surface area contributed by atoms with E-state index in [-0.39, 0.29) is 0 Å². The van der Waals surface area contributed by atoms with Gasteiger partial charge in [-0.2, -0.15) is 5.10 Å². The largest absolute Gasteiger partial charge is 0.330 e. The number of hydrazone groups is 1. The van der Waals surface area contributed by atoms with Crippen molar-refractivity contribution in [3.8, 4) is 0 Å². The maximum Gasteiger partial charge on any atom is 0.191 e. The number of thiocarbonyl (C=S) groups is 1. The molecule has 1 heterocycles. The molecule has 0 bridgehead atoms. The first-order chi connectivity index (χ1) is 15.3. The molecule has 3 aromatic carbocycles. The van der Waals surface area contributed by atoms with E-state index in [0.717, 1.165) is 28.3 Å². The summed E-state index contributed by atoms with van der Waals surface area (Å²) in [6.07, 6.45) is 5.14. The lowest BCUT2D eigenvalue weighted by molar-refractivity contribution is 1.05. The topological polar surface area (TPSA) is 52.6 Å². The molecule has 1 aromatic heterocycles. The average Bonchev–Trinajstić information content (AvgIpc) is 2.82. The smallest absolute Gasteiger partial charge is 0.191 e. The van der Waals surface area contributed by atoms with Gasteiger partial charge in [0, 0.05) is 23.3 Å². The van der Waals surface area contributed by atoms with E-state index in [1.807, 2.05) is 60.7 Å². The second-order valence-corrected chi connectivity index (χ2v) is 7.07. The van der Waals surface area contributed by atoms with Crippen molar-refractivity contribution < 1.29 is 0 Å². The summed E-state index contributed by atoms with van der Waals surface area (Å²) in [6.45, 7) is 0. The summed E-state index contributed by atoms with van der Waals surface area (Å²) in [7, 11) is 0. The summed E-state index contributed by atoms with van der Waals surface area (Å²) < 4.78 is 0. The Bertz CT molecular complexity index is 1090. The molecule has 152 valence electrons. The number of benzene rings is 3. The van der Waals surface area contributed by atoms with Gasteiger partial charge in [0.2, 0.25) is 0 Å². The molecule has 0 aliphatic rings. The van der Waals surface area contributed by atoms with E-state index in [0.29, 0.717) is 5.11 Å². The molecule has 6 heteroatoms. The summed E-state index contributed by atoms with van der Waals surface area (Å²) in [5.41, 5.74) is 7.85. The monoisotopic (exact) mass is 423 g/mol. The molecule has 4 rings (SSSR count). The van der Waals surface area contributed by atoms with E-state index < -0.39 is 0 Å². The summed E-state index contributed by atoms with van der Waals surface area (Å²) in [5.74, 6) is 0. The van der Waals surface area contributed by atoms with Crippen molar-refractivity contribution in [2.45, 2.75) is 0 Å². The van der Waals surface area contributed by atoms with Crippen LogP contribution in [0.1, 0.15) is 5.56 Å². The lowest BCUT2D eigenvalue weighted by Crippen LogP contribution is -2.23. The Kier molecular flexibility index (Phi) is 6.62. The van der Waals surface area contributed by atoms with E-state index in [1.165, 1.54) is 0 Å². The van der Waals surface area contributed by atoms with Crippen LogP contribution in [0.15, 0.2) is 115 Å². The van der Waals surface area contributed by atoms with Gasteiger partial charge in [0.1, 0.15) is 0 Å². The Labute approximate surface area is 187 Å². The lowest BCUT2D eigenvalue weighted by Gasteiger charge is -2.25. The van der Waals surface area contributed by atoms with Gasteiger partial charge >= 0.3 is 0 Å². The van der Waals surface area contributed by atoms with Crippen molar-refractivity contribution in [1.29, 1.82) is 0 Å². The zero-order valence-electron chi connectivity index (χ0n) is 16.7. The number of para-hydroxylation sites is 2. The van der Waals surface area contributed by atoms with Crippen LogP contribution in [-0.2, 0) is 0 Å². The minimum absolute atomic E-state index is 0.403. The first-order valence-corrected chi connectivity index (χ1v) is 10.2. The molecular formula is C25H21N5S. The molecule has 0 saturated heterocycles. The van der Waals surface area contributed by atoms with Gasteiger partial charge in [-0.15, -0.1) is 0 Å². The maximum atomic E-state index is 5.24. The molecule has 0 spiro atoms. The number of aromatic nitrogens is 1. The summed E-state index contributed by atoms with van der Waals surface area (Å²) in [4.78, 5) is 6.25. The number of rotatable bonds is 6. The van der Waals surface area contributed by atoms with E-state index in [1.54, 1.807) is 18.6 Å². The number of nitrogens with zero attached hydrogens (tertiary/aromatic N) is 3. The van der Waals surface area contributed by atoms with E-state index in [9.17, 15) is 0 Å². The fourth-order valence-corrected chi connectivity index (χ4v) is 3.24. The van der Waals surface area contributed by atoms with Crippen LogP contribution < -0.4 is 15.6 Å². The van der Waals surface area contributed by atoms with Crippen LogP contribution in [-0.4, -0.2) is 16.3 Å². The third kappa shape index (κ3) is 5.52. The van der Waals surface area contributed by atoms with Gasteiger partial charge < -0.3 is 10.2 Å². The summed E-state index contributed by atoms with van der Waals surface area (Å²) in [6, 6.07) is 32.5. The predicted octanol–water partition coefficient (Wildman–Crippen LogP) is 5.87. The highest BCUT2D eigenvalue weighted by molar-refractivity contribution is 7.80. The van der Waals surface area contributed by atoms with Crippen molar-refractivity contribution in [1.82, 2.24) is 10.4 Å². The fourth-order valence-electron chi connectivity index (χ4n) is 3.07. The predicted molar refractivity (Wildman–Crippen MR) is 132 cm³/mol. The highest BCUT2D eigenvalue weighted by Gasteiger charge is 2.11. The molecule has 0 amide bonds. The van der Waals surface area contributed by atoms with Gasteiger partial charge in [-0.25, -0.2) is 0 Å². The van der Waals surface area contributed by atoms with Gasteiger partial charge in [-0.05, 0) is 66.3 Å². The van der Waals surface area contributed by atoms with Gasteiger partial charge in [0.05, 0.1) is 18.1 Å². The molecule has 0 radical (unpaired) electrons. The molecule has 0 aliphatic heterocycles. The summed E-state index contributed by atoms with van der Waals surface area (Å²) >= 11 is 5.24.